The second kappa shape index (κ2) is 5.98. The van der Waals surface area contributed by atoms with Gasteiger partial charge in [0.05, 0.1) is 11.6 Å². The highest BCUT2D eigenvalue weighted by atomic mass is 79.9. The summed E-state index contributed by atoms with van der Waals surface area (Å²) in [7, 11) is 0. The first-order chi connectivity index (χ1) is 8.19. The number of rotatable bonds is 4. The maximum Gasteiger partial charge on any atom is 0.0925 e. The first-order valence-electron chi connectivity index (χ1n) is 5.31. The summed E-state index contributed by atoms with van der Waals surface area (Å²) < 4.78 is 2.13. The average molecular weight is 376 g/mol. The van der Waals surface area contributed by atoms with E-state index in [2.05, 4.69) is 55.2 Å². The number of halogens is 2. The predicted molar refractivity (Wildman–Crippen MR) is 80.7 cm³/mol. The molecule has 17 heavy (non-hydrogen) atoms. The Morgan fingerprint density at radius 3 is 2.82 bits per heavy atom. The minimum absolute atomic E-state index is 0.817. The molecule has 2 nitrogen and oxygen atoms in total. The number of hydrogen-bond donors (Lipinski definition) is 1. The van der Waals surface area contributed by atoms with E-state index in [1.807, 2.05) is 18.3 Å². The lowest BCUT2D eigenvalue weighted by Crippen LogP contribution is -1.97. The van der Waals surface area contributed by atoms with Crippen LogP contribution in [0.15, 0.2) is 33.3 Å². The van der Waals surface area contributed by atoms with Gasteiger partial charge in [0.15, 0.2) is 0 Å². The number of hydrogen-bond acceptors (Lipinski definition) is 3. The summed E-state index contributed by atoms with van der Waals surface area (Å²) in [4.78, 5) is 5.60. The molecular weight excluding hydrogens is 364 g/mol. The smallest absolute Gasteiger partial charge is 0.0925 e. The highest BCUT2D eigenvalue weighted by Gasteiger charge is 2.03. The van der Waals surface area contributed by atoms with E-state index in [0.29, 0.717) is 0 Å². The molecule has 90 valence electrons. The quantitative estimate of drug-likeness (QED) is 0.826. The number of thiazole rings is 1. The molecule has 0 saturated carbocycles. The minimum atomic E-state index is 0.817. The number of aryl methyl sites for hydroxylation is 1. The molecule has 1 aromatic heterocycles. The van der Waals surface area contributed by atoms with Gasteiger partial charge in [-0.25, -0.2) is 4.98 Å². The first kappa shape index (κ1) is 13.1. The standard InChI is InChI=1S/C12H12Br2N2S/c1-2-12-16-7-9(17-12)6-15-11-4-3-8(13)5-10(11)14/h3-5,7,15H,2,6H2,1H3. The number of benzene rings is 1. The Balaban J connectivity index is 2.02. The first-order valence-corrected chi connectivity index (χ1v) is 7.71. The van der Waals surface area contributed by atoms with Crippen LogP contribution < -0.4 is 5.32 Å². The molecule has 0 amide bonds. The lowest BCUT2D eigenvalue weighted by atomic mass is 10.3. The fourth-order valence-corrected chi connectivity index (χ4v) is 3.40. The summed E-state index contributed by atoms with van der Waals surface area (Å²) in [5, 5.41) is 4.59. The number of anilines is 1. The van der Waals surface area contributed by atoms with Gasteiger partial charge in [-0.15, -0.1) is 11.3 Å². The summed E-state index contributed by atoms with van der Waals surface area (Å²) >= 11 is 8.74. The Hall–Kier alpha value is -0.390. The van der Waals surface area contributed by atoms with E-state index in [1.54, 1.807) is 11.3 Å². The molecule has 0 aliphatic carbocycles. The molecule has 0 aliphatic heterocycles. The summed E-state index contributed by atoms with van der Waals surface area (Å²) in [5.74, 6) is 0. The van der Waals surface area contributed by atoms with Gasteiger partial charge in [-0.3, -0.25) is 0 Å². The molecule has 0 radical (unpaired) electrons. The third-order valence-corrected chi connectivity index (χ3v) is 4.58. The molecule has 0 spiro atoms. The topological polar surface area (TPSA) is 24.9 Å². The number of nitrogens with one attached hydrogen (secondary N) is 1. The maximum absolute atomic E-state index is 4.34. The number of nitrogens with zero attached hydrogens (tertiary/aromatic N) is 1. The van der Waals surface area contributed by atoms with Crippen LogP contribution in [0.1, 0.15) is 16.8 Å². The largest absolute Gasteiger partial charge is 0.379 e. The fourth-order valence-electron chi connectivity index (χ4n) is 1.41. The Morgan fingerprint density at radius 1 is 1.35 bits per heavy atom. The lowest BCUT2D eigenvalue weighted by Gasteiger charge is -2.07. The summed E-state index contributed by atoms with van der Waals surface area (Å²) in [6, 6.07) is 6.11. The monoisotopic (exact) mass is 374 g/mol. The molecule has 1 heterocycles. The van der Waals surface area contributed by atoms with E-state index < -0.39 is 0 Å². The van der Waals surface area contributed by atoms with Crippen LogP contribution in [-0.2, 0) is 13.0 Å². The van der Waals surface area contributed by atoms with Crippen LogP contribution in [0.25, 0.3) is 0 Å². The minimum Gasteiger partial charge on any atom is -0.379 e. The van der Waals surface area contributed by atoms with Crippen LogP contribution in [0.4, 0.5) is 5.69 Å². The van der Waals surface area contributed by atoms with Crippen molar-refractivity contribution in [3.63, 3.8) is 0 Å². The van der Waals surface area contributed by atoms with Gasteiger partial charge < -0.3 is 5.32 Å². The second-order valence-electron chi connectivity index (χ2n) is 3.55. The van der Waals surface area contributed by atoms with Crippen molar-refractivity contribution in [1.29, 1.82) is 0 Å². The van der Waals surface area contributed by atoms with Gasteiger partial charge in [-0.2, -0.15) is 0 Å². The third-order valence-electron chi connectivity index (χ3n) is 2.29. The van der Waals surface area contributed by atoms with Crippen LogP contribution in [0.3, 0.4) is 0 Å². The summed E-state index contributed by atoms with van der Waals surface area (Å²) in [5.41, 5.74) is 1.10. The third kappa shape index (κ3) is 3.53. The molecule has 5 heteroatoms. The second-order valence-corrected chi connectivity index (χ2v) is 6.52. The Morgan fingerprint density at radius 2 is 2.18 bits per heavy atom. The Labute approximate surface area is 122 Å². The van der Waals surface area contributed by atoms with E-state index >= 15 is 0 Å². The lowest BCUT2D eigenvalue weighted by molar-refractivity contribution is 1.09. The van der Waals surface area contributed by atoms with E-state index in [4.69, 9.17) is 0 Å². The fraction of sp³-hybridized carbons (Fsp3) is 0.250. The molecule has 0 atom stereocenters. The van der Waals surface area contributed by atoms with Crippen molar-refractivity contribution in [2.24, 2.45) is 0 Å². The van der Waals surface area contributed by atoms with Crippen LogP contribution in [-0.4, -0.2) is 4.98 Å². The van der Waals surface area contributed by atoms with Crippen molar-refractivity contribution >= 4 is 48.9 Å². The van der Waals surface area contributed by atoms with Crippen molar-refractivity contribution in [1.82, 2.24) is 4.98 Å². The van der Waals surface area contributed by atoms with Gasteiger partial charge in [0.25, 0.3) is 0 Å². The SMILES string of the molecule is CCc1ncc(CNc2ccc(Br)cc2Br)s1. The van der Waals surface area contributed by atoms with Crippen LogP contribution >= 0.6 is 43.2 Å². The normalized spacial score (nSPS) is 10.5. The molecular formula is C12H12Br2N2S. The zero-order valence-electron chi connectivity index (χ0n) is 9.34. The van der Waals surface area contributed by atoms with Crippen molar-refractivity contribution in [2.45, 2.75) is 19.9 Å². The van der Waals surface area contributed by atoms with Crippen LogP contribution in [0, 0.1) is 0 Å². The van der Waals surface area contributed by atoms with Crippen LogP contribution in [0.5, 0.6) is 0 Å². The molecule has 1 N–H and O–H groups in total. The van der Waals surface area contributed by atoms with E-state index in [-0.39, 0.29) is 0 Å². The van der Waals surface area contributed by atoms with Gasteiger partial charge in [0, 0.05) is 25.7 Å². The van der Waals surface area contributed by atoms with Crippen LogP contribution in [0.2, 0.25) is 0 Å². The van der Waals surface area contributed by atoms with Crippen molar-refractivity contribution in [3.05, 3.63) is 43.2 Å². The molecule has 0 bridgehead atoms. The van der Waals surface area contributed by atoms with Crippen molar-refractivity contribution in [2.75, 3.05) is 5.32 Å². The van der Waals surface area contributed by atoms with Gasteiger partial charge in [0.1, 0.15) is 0 Å². The summed E-state index contributed by atoms with van der Waals surface area (Å²) in [6.45, 7) is 2.94. The predicted octanol–water partition coefficient (Wildman–Crippen LogP) is 4.84. The molecule has 0 aliphatic rings. The van der Waals surface area contributed by atoms with Crippen molar-refractivity contribution in [3.8, 4) is 0 Å². The summed E-state index contributed by atoms with van der Waals surface area (Å²) in [6.07, 6.45) is 2.95. The Bertz CT molecular complexity index is 511. The van der Waals surface area contributed by atoms with Crippen molar-refractivity contribution < 1.29 is 0 Å². The molecule has 0 saturated heterocycles. The Kier molecular flexibility index (Phi) is 4.59. The average Bonchev–Trinajstić information content (AvgIpc) is 2.76. The highest BCUT2D eigenvalue weighted by molar-refractivity contribution is 9.11. The van der Waals surface area contributed by atoms with Gasteiger partial charge >= 0.3 is 0 Å². The molecule has 1 aromatic carbocycles. The zero-order valence-corrected chi connectivity index (χ0v) is 13.3. The number of aromatic nitrogens is 1. The van der Waals surface area contributed by atoms with E-state index in [1.165, 1.54) is 9.88 Å². The molecule has 0 unspecified atom stereocenters. The van der Waals surface area contributed by atoms with Gasteiger partial charge in [0.2, 0.25) is 0 Å². The van der Waals surface area contributed by atoms with E-state index in [9.17, 15) is 0 Å². The molecule has 2 rings (SSSR count). The van der Waals surface area contributed by atoms with E-state index in [0.717, 1.165) is 27.6 Å². The van der Waals surface area contributed by atoms with Gasteiger partial charge in [-0.05, 0) is 40.5 Å². The molecule has 2 aromatic rings. The maximum atomic E-state index is 4.34. The van der Waals surface area contributed by atoms with Gasteiger partial charge in [-0.1, -0.05) is 22.9 Å². The molecule has 0 fully saturated rings. The zero-order chi connectivity index (χ0) is 12.3. The highest BCUT2D eigenvalue weighted by Crippen LogP contribution is 2.27.